The van der Waals surface area contributed by atoms with E-state index in [1.807, 2.05) is 32.0 Å². The number of rotatable bonds is 4. The third kappa shape index (κ3) is 3.31. The molecule has 0 aliphatic rings. The Bertz CT molecular complexity index is 299. The summed E-state index contributed by atoms with van der Waals surface area (Å²) in [6.07, 6.45) is 0.0839. The van der Waals surface area contributed by atoms with E-state index < -0.39 is 0 Å². The van der Waals surface area contributed by atoms with Gasteiger partial charge in [0.15, 0.2) is 0 Å². The molecule has 0 bridgehead atoms. The molecule has 0 radical (unpaired) electrons. The molecule has 14 heavy (non-hydrogen) atoms. The van der Waals surface area contributed by atoms with Crippen LogP contribution in [0, 0.1) is 6.92 Å². The molecule has 1 aromatic rings. The van der Waals surface area contributed by atoms with Crippen LogP contribution in [0.4, 0.5) is 0 Å². The Kier molecular flexibility index (Phi) is 4.42. The van der Waals surface area contributed by atoms with Crippen molar-refractivity contribution in [2.75, 3.05) is 13.7 Å². The molecular formula is C11H15BrO2. The first kappa shape index (κ1) is 11.5. The number of benzene rings is 1. The highest BCUT2D eigenvalue weighted by molar-refractivity contribution is 9.10. The van der Waals surface area contributed by atoms with Gasteiger partial charge in [0.25, 0.3) is 0 Å². The van der Waals surface area contributed by atoms with Gasteiger partial charge in [-0.25, -0.2) is 0 Å². The summed E-state index contributed by atoms with van der Waals surface area (Å²) in [6, 6.07) is 5.95. The van der Waals surface area contributed by atoms with Crippen LogP contribution < -0.4 is 4.74 Å². The van der Waals surface area contributed by atoms with E-state index in [2.05, 4.69) is 15.9 Å². The molecule has 0 aliphatic carbocycles. The van der Waals surface area contributed by atoms with Gasteiger partial charge >= 0.3 is 0 Å². The molecule has 1 aromatic carbocycles. The maximum Gasteiger partial charge on any atom is 0.120 e. The van der Waals surface area contributed by atoms with Gasteiger partial charge in [-0.15, -0.1) is 0 Å². The zero-order valence-electron chi connectivity index (χ0n) is 8.71. The molecular weight excluding hydrogens is 244 g/mol. The summed E-state index contributed by atoms with van der Waals surface area (Å²) >= 11 is 3.45. The van der Waals surface area contributed by atoms with Crippen LogP contribution in [0.1, 0.15) is 12.5 Å². The SMILES string of the molecule is COCC(C)Oc1ccc(Br)c(C)c1. The number of methoxy groups -OCH3 is 1. The van der Waals surface area contributed by atoms with Crippen LogP contribution in [-0.2, 0) is 4.74 Å². The topological polar surface area (TPSA) is 18.5 Å². The maximum absolute atomic E-state index is 5.64. The molecule has 0 heterocycles. The highest BCUT2D eigenvalue weighted by Crippen LogP contribution is 2.22. The lowest BCUT2D eigenvalue weighted by Gasteiger charge is -2.14. The second-order valence-electron chi connectivity index (χ2n) is 3.29. The Hall–Kier alpha value is -0.540. The Morgan fingerprint density at radius 3 is 2.71 bits per heavy atom. The first-order valence-electron chi connectivity index (χ1n) is 4.55. The van der Waals surface area contributed by atoms with Crippen molar-refractivity contribution in [3.05, 3.63) is 28.2 Å². The summed E-state index contributed by atoms with van der Waals surface area (Å²) < 4.78 is 11.7. The van der Waals surface area contributed by atoms with Crippen LogP contribution in [0.25, 0.3) is 0 Å². The van der Waals surface area contributed by atoms with Crippen molar-refractivity contribution < 1.29 is 9.47 Å². The van der Waals surface area contributed by atoms with E-state index in [-0.39, 0.29) is 6.10 Å². The van der Waals surface area contributed by atoms with Crippen molar-refractivity contribution in [3.63, 3.8) is 0 Å². The molecule has 0 saturated heterocycles. The second kappa shape index (κ2) is 5.37. The quantitative estimate of drug-likeness (QED) is 0.826. The predicted octanol–water partition coefficient (Wildman–Crippen LogP) is 3.17. The van der Waals surface area contributed by atoms with Crippen molar-refractivity contribution in [2.45, 2.75) is 20.0 Å². The minimum Gasteiger partial charge on any atom is -0.488 e. The molecule has 1 unspecified atom stereocenters. The van der Waals surface area contributed by atoms with Crippen molar-refractivity contribution in [1.82, 2.24) is 0 Å². The summed E-state index contributed by atoms with van der Waals surface area (Å²) in [5.41, 5.74) is 1.17. The van der Waals surface area contributed by atoms with E-state index in [9.17, 15) is 0 Å². The Morgan fingerprint density at radius 1 is 1.43 bits per heavy atom. The van der Waals surface area contributed by atoms with Gasteiger partial charge in [-0.2, -0.15) is 0 Å². The summed E-state index contributed by atoms with van der Waals surface area (Å²) in [5, 5.41) is 0. The molecule has 1 atom stereocenters. The number of hydrogen-bond donors (Lipinski definition) is 0. The molecule has 0 aromatic heterocycles. The first-order chi connectivity index (χ1) is 6.63. The Balaban J connectivity index is 2.63. The van der Waals surface area contributed by atoms with E-state index in [4.69, 9.17) is 9.47 Å². The van der Waals surface area contributed by atoms with Gasteiger partial charge in [-0.05, 0) is 37.6 Å². The van der Waals surface area contributed by atoms with Crippen LogP contribution in [0.5, 0.6) is 5.75 Å². The molecule has 1 rings (SSSR count). The number of halogens is 1. The minimum atomic E-state index is 0.0839. The average molecular weight is 259 g/mol. The highest BCUT2D eigenvalue weighted by atomic mass is 79.9. The fourth-order valence-electron chi connectivity index (χ4n) is 1.19. The second-order valence-corrected chi connectivity index (χ2v) is 4.15. The molecule has 3 heteroatoms. The largest absolute Gasteiger partial charge is 0.488 e. The van der Waals surface area contributed by atoms with Gasteiger partial charge in [-0.3, -0.25) is 0 Å². The summed E-state index contributed by atoms with van der Waals surface area (Å²) in [5.74, 6) is 0.884. The standard InChI is InChI=1S/C11H15BrO2/c1-8-6-10(4-5-11(8)12)14-9(2)7-13-3/h4-6,9H,7H2,1-3H3. The molecule has 0 aliphatic heterocycles. The average Bonchev–Trinajstić information content (AvgIpc) is 2.12. The van der Waals surface area contributed by atoms with Crippen LogP contribution in [-0.4, -0.2) is 19.8 Å². The molecule has 0 spiro atoms. The highest BCUT2D eigenvalue weighted by Gasteiger charge is 2.04. The molecule has 0 fully saturated rings. The van der Waals surface area contributed by atoms with Crippen LogP contribution in [0.15, 0.2) is 22.7 Å². The third-order valence-electron chi connectivity index (χ3n) is 1.87. The van der Waals surface area contributed by atoms with Crippen LogP contribution in [0.3, 0.4) is 0 Å². The molecule has 0 saturated carbocycles. The predicted molar refractivity (Wildman–Crippen MR) is 60.8 cm³/mol. The van der Waals surface area contributed by atoms with Gasteiger partial charge in [0.1, 0.15) is 11.9 Å². The molecule has 78 valence electrons. The lowest BCUT2D eigenvalue weighted by atomic mass is 10.2. The number of aryl methyl sites for hydroxylation is 1. The fourth-order valence-corrected chi connectivity index (χ4v) is 1.44. The van der Waals surface area contributed by atoms with Gasteiger partial charge < -0.3 is 9.47 Å². The maximum atomic E-state index is 5.64. The third-order valence-corrected chi connectivity index (χ3v) is 2.76. The van der Waals surface area contributed by atoms with E-state index in [0.717, 1.165) is 10.2 Å². The van der Waals surface area contributed by atoms with Crippen molar-refractivity contribution in [3.8, 4) is 5.75 Å². The van der Waals surface area contributed by atoms with Crippen molar-refractivity contribution in [2.24, 2.45) is 0 Å². The molecule has 2 nitrogen and oxygen atoms in total. The van der Waals surface area contributed by atoms with Crippen LogP contribution in [0.2, 0.25) is 0 Å². The molecule has 0 N–H and O–H groups in total. The molecule has 0 amide bonds. The van der Waals surface area contributed by atoms with E-state index in [0.29, 0.717) is 6.61 Å². The lowest BCUT2D eigenvalue weighted by molar-refractivity contribution is 0.0920. The van der Waals surface area contributed by atoms with Gasteiger partial charge in [0.05, 0.1) is 6.61 Å². The number of hydrogen-bond acceptors (Lipinski definition) is 2. The Labute approximate surface area is 93.4 Å². The van der Waals surface area contributed by atoms with E-state index in [1.54, 1.807) is 7.11 Å². The van der Waals surface area contributed by atoms with Gasteiger partial charge in [-0.1, -0.05) is 15.9 Å². The zero-order valence-corrected chi connectivity index (χ0v) is 10.3. The summed E-state index contributed by atoms with van der Waals surface area (Å²) in [7, 11) is 1.67. The zero-order chi connectivity index (χ0) is 10.6. The van der Waals surface area contributed by atoms with Gasteiger partial charge in [0, 0.05) is 11.6 Å². The fraction of sp³-hybridized carbons (Fsp3) is 0.455. The van der Waals surface area contributed by atoms with Gasteiger partial charge in [0.2, 0.25) is 0 Å². The summed E-state index contributed by atoms with van der Waals surface area (Å²) in [6.45, 7) is 4.63. The monoisotopic (exact) mass is 258 g/mol. The minimum absolute atomic E-state index is 0.0839. The smallest absolute Gasteiger partial charge is 0.120 e. The summed E-state index contributed by atoms with van der Waals surface area (Å²) in [4.78, 5) is 0. The first-order valence-corrected chi connectivity index (χ1v) is 5.34. The van der Waals surface area contributed by atoms with Crippen molar-refractivity contribution in [1.29, 1.82) is 0 Å². The normalized spacial score (nSPS) is 12.6. The number of ether oxygens (including phenoxy) is 2. The van der Waals surface area contributed by atoms with E-state index in [1.165, 1.54) is 5.56 Å². The Morgan fingerprint density at radius 2 is 2.14 bits per heavy atom. The lowest BCUT2D eigenvalue weighted by Crippen LogP contribution is -2.17. The van der Waals surface area contributed by atoms with Crippen molar-refractivity contribution >= 4 is 15.9 Å². The van der Waals surface area contributed by atoms with E-state index >= 15 is 0 Å². The van der Waals surface area contributed by atoms with Crippen LogP contribution >= 0.6 is 15.9 Å².